The maximum atomic E-state index is 4.30. The number of hydrogen-bond donors (Lipinski definition) is 1. The molecule has 0 saturated heterocycles. The first kappa shape index (κ1) is 14.2. The Balaban J connectivity index is 2.24. The maximum absolute atomic E-state index is 4.30. The summed E-state index contributed by atoms with van der Waals surface area (Å²) in [5.41, 5.74) is 3.76. The highest BCUT2D eigenvalue weighted by atomic mass is 79.9. The highest BCUT2D eigenvalue weighted by molar-refractivity contribution is 9.10. The van der Waals surface area contributed by atoms with Crippen LogP contribution in [-0.4, -0.2) is 11.5 Å². The molecule has 0 saturated carbocycles. The van der Waals surface area contributed by atoms with Gasteiger partial charge in [-0.2, -0.15) is 0 Å². The van der Waals surface area contributed by atoms with Crippen LogP contribution in [0.25, 0.3) is 0 Å². The van der Waals surface area contributed by atoms with E-state index in [4.69, 9.17) is 0 Å². The zero-order valence-corrected chi connectivity index (χ0v) is 12.9. The predicted octanol–water partition coefficient (Wildman–Crippen LogP) is 4.05. The van der Waals surface area contributed by atoms with E-state index in [9.17, 15) is 0 Å². The van der Waals surface area contributed by atoms with E-state index in [0.29, 0.717) is 6.04 Å². The molecular formula is C16H19BrN2. The van der Waals surface area contributed by atoms with Crippen LogP contribution in [-0.2, 0) is 6.42 Å². The van der Waals surface area contributed by atoms with Crippen molar-refractivity contribution in [3.05, 3.63) is 63.9 Å². The summed E-state index contributed by atoms with van der Waals surface area (Å²) in [6.07, 6.45) is 4.81. The van der Waals surface area contributed by atoms with E-state index in [1.165, 1.54) is 21.2 Å². The Morgan fingerprint density at radius 2 is 2.05 bits per heavy atom. The molecule has 1 heterocycles. The number of nitrogens with zero attached hydrogens (tertiary/aromatic N) is 1. The minimum absolute atomic E-state index is 0.302. The monoisotopic (exact) mass is 318 g/mol. The van der Waals surface area contributed by atoms with Gasteiger partial charge in [0.1, 0.15) is 0 Å². The van der Waals surface area contributed by atoms with Crippen molar-refractivity contribution in [3.8, 4) is 0 Å². The molecule has 1 aromatic heterocycles. The minimum atomic E-state index is 0.302. The van der Waals surface area contributed by atoms with Crippen LogP contribution in [0.5, 0.6) is 0 Å². The summed E-state index contributed by atoms with van der Waals surface area (Å²) < 4.78 is 1.17. The van der Waals surface area contributed by atoms with Gasteiger partial charge < -0.3 is 5.32 Å². The van der Waals surface area contributed by atoms with Gasteiger partial charge in [0.25, 0.3) is 0 Å². The first-order chi connectivity index (χ1) is 9.20. The van der Waals surface area contributed by atoms with Crippen molar-refractivity contribution >= 4 is 15.9 Å². The average molecular weight is 319 g/mol. The number of aromatic nitrogens is 1. The van der Waals surface area contributed by atoms with E-state index in [0.717, 1.165) is 13.0 Å². The molecule has 100 valence electrons. The molecule has 0 radical (unpaired) electrons. The van der Waals surface area contributed by atoms with Crippen molar-refractivity contribution in [2.24, 2.45) is 0 Å². The maximum Gasteiger partial charge on any atom is 0.0376 e. The lowest BCUT2D eigenvalue weighted by molar-refractivity contribution is 0.547. The molecule has 0 aliphatic rings. The lowest BCUT2D eigenvalue weighted by atomic mass is 9.99. The fraction of sp³-hybridized carbons (Fsp3) is 0.312. The Kier molecular flexibility index (Phi) is 5.11. The molecule has 3 heteroatoms. The second-order valence-electron chi connectivity index (χ2n) is 4.70. The Morgan fingerprint density at radius 3 is 2.74 bits per heavy atom. The lowest BCUT2D eigenvalue weighted by Gasteiger charge is -2.19. The van der Waals surface area contributed by atoms with E-state index in [2.05, 4.69) is 64.3 Å². The molecule has 0 aliphatic heterocycles. The average Bonchev–Trinajstić information content (AvgIpc) is 2.40. The number of nitrogens with one attached hydrogen (secondary N) is 1. The van der Waals surface area contributed by atoms with Gasteiger partial charge in [-0.25, -0.2) is 0 Å². The van der Waals surface area contributed by atoms with Gasteiger partial charge in [-0.1, -0.05) is 47.1 Å². The van der Waals surface area contributed by atoms with Crippen LogP contribution in [0.1, 0.15) is 29.7 Å². The van der Waals surface area contributed by atoms with Crippen LogP contribution < -0.4 is 5.32 Å². The number of pyridine rings is 1. The minimum Gasteiger partial charge on any atom is -0.310 e. The van der Waals surface area contributed by atoms with Crippen molar-refractivity contribution in [2.45, 2.75) is 26.3 Å². The highest BCUT2D eigenvalue weighted by Crippen LogP contribution is 2.23. The zero-order chi connectivity index (χ0) is 13.7. The third kappa shape index (κ3) is 3.88. The Labute approximate surface area is 123 Å². The quantitative estimate of drug-likeness (QED) is 0.899. The number of aryl methyl sites for hydroxylation is 1. The summed E-state index contributed by atoms with van der Waals surface area (Å²) >= 11 is 3.62. The summed E-state index contributed by atoms with van der Waals surface area (Å²) in [5.74, 6) is 0. The fourth-order valence-corrected chi connectivity index (χ4v) is 2.65. The van der Waals surface area contributed by atoms with Gasteiger partial charge in [0.15, 0.2) is 0 Å². The number of halogens is 1. The molecule has 2 nitrogen and oxygen atoms in total. The van der Waals surface area contributed by atoms with Gasteiger partial charge in [0, 0.05) is 22.9 Å². The molecule has 0 amide bonds. The van der Waals surface area contributed by atoms with E-state index >= 15 is 0 Å². The largest absolute Gasteiger partial charge is 0.310 e. The van der Waals surface area contributed by atoms with E-state index in [1.807, 2.05) is 18.5 Å². The van der Waals surface area contributed by atoms with Crippen LogP contribution in [0.15, 0.2) is 47.2 Å². The van der Waals surface area contributed by atoms with Gasteiger partial charge in [0.05, 0.1) is 0 Å². The molecule has 1 unspecified atom stereocenters. The van der Waals surface area contributed by atoms with Crippen LogP contribution >= 0.6 is 15.9 Å². The van der Waals surface area contributed by atoms with Crippen molar-refractivity contribution in [2.75, 3.05) is 6.54 Å². The molecule has 1 N–H and O–H groups in total. The van der Waals surface area contributed by atoms with Crippen LogP contribution in [0.2, 0.25) is 0 Å². The summed E-state index contributed by atoms with van der Waals surface area (Å²) in [5, 5.41) is 3.54. The molecular weight excluding hydrogens is 300 g/mol. The Morgan fingerprint density at radius 1 is 1.26 bits per heavy atom. The second-order valence-corrected chi connectivity index (χ2v) is 5.56. The molecule has 2 aromatic rings. The predicted molar refractivity (Wildman–Crippen MR) is 83.2 cm³/mol. The SMILES string of the molecule is CCNC(Cc1ccccc1Br)c1cncc(C)c1. The zero-order valence-electron chi connectivity index (χ0n) is 11.4. The van der Waals surface area contributed by atoms with Crippen LogP contribution in [0, 0.1) is 6.92 Å². The third-order valence-corrected chi connectivity index (χ3v) is 3.90. The highest BCUT2D eigenvalue weighted by Gasteiger charge is 2.13. The number of hydrogen-bond acceptors (Lipinski definition) is 2. The Bertz CT molecular complexity index is 540. The fourth-order valence-electron chi connectivity index (χ4n) is 2.21. The number of likely N-dealkylation sites (N-methyl/N-ethyl adjacent to an activating group) is 1. The molecule has 0 bridgehead atoms. The normalized spacial score (nSPS) is 12.4. The van der Waals surface area contributed by atoms with Gasteiger partial charge in [-0.05, 0) is 42.6 Å². The van der Waals surface area contributed by atoms with E-state index < -0.39 is 0 Å². The Hall–Kier alpha value is -1.19. The van der Waals surface area contributed by atoms with Crippen LogP contribution in [0.4, 0.5) is 0 Å². The van der Waals surface area contributed by atoms with Crippen molar-refractivity contribution < 1.29 is 0 Å². The van der Waals surface area contributed by atoms with Gasteiger partial charge in [0.2, 0.25) is 0 Å². The molecule has 19 heavy (non-hydrogen) atoms. The first-order valence-electron chi connectivity index (χ1n) is 6.59. The third-order valence-electron chi connectivity index (χ3n) is 3.13. The van der Waals surface area contributed by atoms with Crippen molar-refractivity contribution in [1.82, 2.24) is 10.3 Å². The van der Waals surface area contributed by atoms with Crippen LogP contribution in [0.3, 0.4) is 0 Å². The molecule has 2 rings (SSSR count). The molecule has 1 atom stereocenters. The van der Waals surface area contributed by atoms with Gasteiger partial charge in [-0.15, -0.1) is 0 Å². The van der Waals surface area contributed by atoms with Gasteiger partial charge in [-0.3, -0.25) is 4.98 Å². The van der Waals surface area contributed by atoms with E-state index in [-0.39, 0.29) is 0 Å². The topological polar surface area (TPSA) is 24.9 Å². The first-order valence-corrected chi connectivity index (χ1v) is 7.38. The number of rotatable bonds is 5. The standard InChI is InChI=1S/C16H19BrN2/c1-3-19-16(14-8-12(2)10-18-11-14)9-13-6-4-5-7-15(13)17/h4-8,10-11,16,19H,3,9H2,1-2H3. The lowest BCUT2D eigenvalue weighted by Crippen LogP contribution is -2.23. The second kappa shape index (κ2) is 6.83. The summed E-state index contributed by atoms with van der Waals surface area (Å²) in [6, 6.07) is 10.9. The van der Waals surface area contributed by atoms with Crippen molar-refractivity contribution in [1.29, 1.82) is 0 Å². The van der Waals surface area contributed by atoms with Crippen molar-refractivity contribution in [3.63, 3.8) is 0 Å². The smallest absolute Gasteiger partial charge is 0.0376 e. The molecule has 0 spiro atoms. The molecule has 0 aliphatic carbocycles. The molecule has 0 fully saturated rings. The summed E-state index contributed by atoms with van der Waals surface area (Å²) in [7, 11) is 0. The number of benzene rings is 1. The summed E-state index contributed by atoms with van der Waals surface area (Å²) in [6.45, 7) is 5.16. The summed E-state index contributed by atoms with van der Waals surface area (Å²) in [4.78, 5) is 4.30. The van der Waals surface area contributed by atoms with Gasteiger partial charge >= 0.3 is 0 Å². The molecule has 1 aromatic carbocycles. The van der Waals surface area contributed by atoms with E-state index in [1.54, 1.807) is 0 Å².